The lowest BCUT2D eigenvalue weighted by Crippen LogP contribution is -2.39. The molecule has 25 heavy (non-hydrogen) atoms. The Balaban J connectivity index is 1.85. The standard InChI is InChI=1S/C19H20N4O2/c24-22-18-16(6-5-14-3-2-8-21-17(14)18)19(15-4-1-7-20-13-15)23-9-11-25-12-10-23/h1,4-8,13,19H,2-3,9-12H2. The number of nitrogens with zero attached hydrogens (tertiary/aromatic N) is 4. The number of ether oxygens (including phenoxy) is 1. The smallest absolute Gasteiger partial charge is 0.138 e. The van der Waals surface area contributed by atoms with E-state index < -0.39 is 0 Å². The van der Waals surface area contributed by atoms with Gasteiger partial charge in [0.1, 0.15) is 5.69 Å². The molecule has 0 bridgehead atoms. The van der Waals surface area contributed by atoms with Crippen molar-refractivity contribution >= 4 is 17.6 Å². The highest BCUT2D eigenvalue weighted by molar-refractivity contribution is 5.79. The number of morpholine rings is 1. The molecule has 1 atom stereocenters. The molecule has 0 N–H and O–H groups in total. The normalized spacial score (nSPS) is 18.6. The predicted molar refractivity (Wildman–Crippen MR) is 96.8 cm³/mol. The number of fused-ring (bicyclic) bond motifs is 1. The van der Waals surface area contributed by atoms with E-state index in [0.29, 0.717) is 18.9 Å². The number of pyridine rings is 1. The highest BCUT2D eigenvalue weighted by Crippen LogP contribution is 2.43. The van der Waals surface area contributed by atoms with E-state index in [4.69, 9.17) is 4.74 Å². The summed E-state index contributed by atoms with van der Waals surface area (Å²) in [7, 11) is 0. The average Bonchev–Trinajstić information content (AvgIpc) is 2.69. The van der Waals surface area contributed by atoms with E-state index in [1.54, 1.807) is 6.20 Å². The molecule has 3 heterocycles. The van der Waals surface area contributed by atoms with E-state index in [1.165, 1.54) is 0 Å². The molecular formula is C19H20N4O2. The fourth-order valence-corrected chi connectivity index (χ4v) is 3.64. The van der Waals surface area contributed by atoms with Gasteiger partial charge in [-0.2, -0.15) is 0 Å². The molecule has 1 aromatic carbocycles. The van der Waals surface area contributed by atoms with E-state index in [2.05, 4.69) is 26.1 Å². The topological polar surface area (TPSA) is 67.2 Å². The molecule has 1 saturated heterocycles. The zero-order valence-electron chi connectivity index (χ0n) is 14.0. The third kappa shape index (κ3) is 3.10. The molecule has 1 unspecified atom stereocenters. The Morgan fingerprint density at radius 1 is 1.20 bits per heavy atom. The maximum absolute atomic E-state index is 11.7. The molecule has 6 heteroatoms. The minimum Gasteiger partial charge on any atom is -0.379 e. The monoisotopic (exact) mass is 336 g/mol. The minimum absolute atomic E-state index is 0.0762. The van der Waals surface area contributed by atoms with Gasteiger partial charge in [0.2, 0.25) is 0 Å². The van der Waals surface area contributed by atoms with Crippen LogP contribution in [0.4, 0.5) is 11.4 Å². The number of aryl methyl sites for hydroxylation is 1. The van der Waals surface area contributed by atoms with Crippen molar-refractivity contribution in [2.75, 3.05) is 26.3 Å². The Labute approximate surface area is 146 Å². The Morgan fingerprint density at radius 2 is 2.08 bits per heavy atom. The number of rotatable bonds is 4. The van der Waals surface area contributed by atoms with Crippen molar-refractivity contribution in [2.24, 2.45) is 10.2 Å². The van der Waals surface area contributed by atoms with Crippen LogP contribution in [-0.2, 0) is 11.2 Å². The first-order valence-electron chi connectivity index (χ1n) is 8.62. The van der Waals surface area contributed by atoms with Crippen molar-refractivity contribution in [3.05, 3.63) is 58.3 Å². The van der Waals surface area contributed by atoms with E-state index in [0.717, 1.165) is 48.3 Å². The molecule has 4 rings (SSSR count). The Morgan fingerprint density at radius 3 is 2.84 bits per heavy atom. The summed E-state index contributed by atoms with van der Waals surface area (Å²) < 4.78 is 5.50. The van der Waals surface area contributed by atoms with Gasteiger partial charge in [-0.25, -0.2) is 0 Å². The number of hydrogen-bond donors (Lipinski definition) is 0. The molecule has 0 aliphatic carbocycles. The van der Waals surface area contributed by atoms with Gasteiger partial charge in [0.15, 0.2) is 0 Å². The molecule has 6 nitrogen and oxygen atoms in total. The van der Waals surface area contributed by atoms with E-state index in [9.17, 15) is 4.91 Å². The number of aliphatic imine (C=N–C) groups is 1. The van der Waals surface area contributed by atoms with Crippen LogP contribution in [0.2, 0.25) is 0 Å². The maximum atomic E-state index is 11.7. The quantitative estimate of drug-likeness (QED) is 0.801. The zero-order chi connectivity index (χ0) is 17.1. The van der Waals surface area contributed by atoms with Crippen LogP contribution in [0.1, 0.15) is 29.2 Å². The summed E-state index contributed by atoms with van der Waals surface area (Å²) in [5, 5.41) is 3.38. The van der Waals surface area contributed by atoms with E-state index >= 15 is 0 Å². The molecule has 0 amide bonds. The van der Waals surface area contributed by atoms with Crippen LogP contribution in [0.25, 0.3) is 0 Å². The highest BCUT2D eigenvalue weighted by Gasteiger charge is 2.29. The van der Waals surface area contributed by atoms with Gasteiger partial charge in [0.25, 0.3) is 0 Å². The van der Waals surface area contributed by atoms with Crippen molar-refractivity contribution in [2.45, 2.75) is 18.9 Å². The largest absolute Gasteiger partial charge is 0.379 e. The SMILES string of the molecule is O=Nc1c(C(c2cccnc2)N2CCOCC2)ccc2c1N=CCC2. The third-order valence-electron chi connectivity index (χ3n) is 4.83. The molecular weight excluding hydrogens is 316 g/mol. The van der Waals surface area contributed by atoms with Crippen LogP contribution in [0, 0.1) is 4.91 Å². The highest BCUT2D eigenvalue weighted by atomic mass is 16.5. The van der Waals surface area contributed by atoms with Gasteiger partial charge in [-0.1, -0.05) is 18.2 Å². The Bertz CT molecular complexity index is 786. The molecule has 2 aliphatic heterocycles. The summed E-state index contributed by atoms with van der Waals surface area (Å²) in [4.78, 5) is 22.8. The van der Waals surface area contributed by atoms with Gasteiger partial charge >= 0.3 is 0 Å². The second kappa shape index (κ2) is 7.21. The first-order valence-corrected chi connectivity index (χ1v) is 8.62. The van der Waals surface area contributed by atoms with Gasteiger partial charge in [-0.3, -0.25) is 14.9 Å². The number of nitroso groups, excluding NO2 is 1. The summed E-state index contributed by atoms with van der Waals surface area (Å²) in [6.45, 7) is 2.98. The lowest BCUT2D eigenvalue weighted by molar-refractivity contribution is 0.0240. The summed E-state index contributed by atoms with van der Waals surface area (Å²) in [6, 6.07) is 8.01. The lowest BCUT2D eigenvalue weighted by Gasteiger charge is -2.35. The first-order chi connectivity index (χ1) is 12.4. The number of aromatic nitrogens is 1. The van der Waals surface area contributed by atoms with E-state index in [-0.39, 0.29) is 6.04 Å². The Kier molecular flexibility index (Phi) is 4.63. The fraction of sp³-hybridized carbons (Fsp3) is 0.368. The van der Waals surface area contributed by atoms with Gasteiger partial charge in [-0.05, 0) is 35.2 Å². The molecule has 2 aliphatic rings. The van der Waals surface area contributed by atoms with Crippen molar-refractivity contribution in [3.8, 4) is 0 Å². The van der Waals surface area contributed by atoms with Crippen molar-refractivity contribution < 1.29 is 4.74 Å². The van der Waals surface area contributed by atoms with Crippen LogP contribution in [0.3, 0.4) is 0 Å². The maximum Gasteiger partial charge on any atom is 0.138 e. The molecule has 1 aromatic heterocycles. The second-order valence-corrected chi connectivity index (χ2v) is 6.29. The number of benzene rings is 1. The van der Waals surface area contributed by atoms with E-state index in [1.807, 2.05) is 30.6 Å². The second-order valence-electron chi connectivity index (χ2n) is 6.29. The minimum atomic E-state index is -0.0762. The van der Waals surface area contributed by atoms with Crippen LogP contribution < -0.4 is 0 Å². The average molecular weight is 336 g/mol. The third-order valence-corrected chi connectivity index (χ3v) is 4.83. The predicted octanol–water partition coefficient (Wildman–Crippen LogP) is 3.55. The Hall–Kier alpha value is -2.44. The molecule has 0 radical (unpaired) electrons. The summed E-state index contributed by atoms with van der Waals surface area (Å²) in [5.74, 6) is 0. The first kappa shape index (κ1) is 16.1. The van der Waals surface area contributed by atoms with Gasteiger partial charge < -0.3 is 4.74 Å². The van der Waals surface area contributed by atoms with Crippen LogP contribution >= 0.6 is 0 Å². The van der Waals surface area contributed by atoms with Crippen LogP contribution in [-0.4, -0.2) is 42.4 Å². The summed E-state index contributed by atoms with van der Waals surface area (Å²) in [6.07, 6.45) is 7.29. The molecule has 2 aromatic rings. The van der Waals surface area contributed by atoms with Crippen LogP contribution in [0.15, 0.2) is 46.8 Å². The van der Waals surface area contributed by atoms with Crippen LogP contribution in [0.5, 0.6) is 0 Å². The summed E-state index contributed by atoms with van der Waals surface area (Å²) in [5.41, 5.74) is 4.21. The summed E-state index contributed by atoms with van der Waals surface area (Å²) >= 11 is 0. The molecule has 0 saturated carbocycles. The number of hydrogen-bond acceptors (Lipinski definition) is 6. The zero-order valence-corrected chi connectivity index (χ0v) is 14.0. The molecule has 0 spiro atoms. The van der Waals surface area contributed by atoms with Crippen molar-refractivity contribution in [3.63, 3.8) is 0 Å². The lowest BCUT2D eigenvalue weighted by atomic mass is 9.92. The van der Waals surface area contributed by atoms with Gasteiger partial charge in [0, 0.05) is 37.3 Å². The van der Waals surface area contributed by atoms with Crippen molar-refractivity contribution in [1.29, 1.82) is 0 Å². The van der Waals surface area contributed by atoms with Gasteiger partial charge in [0.05, 0.1) is 24.9 Å². The molecule has 128 valence electrons. The van der Waals surface area contributed by atoms with Gasteiger partial charge in [-0.15, -0.1) is 4.91 Å². The van der Waals surface area contributed by atoms with Crippen molar-refractivity contribution in [1.82, 2.24) is 9.88 Å². The molecule has 1 fully saturated rings. The fourth-order valence-electron chi connectivity index (χ4n) is 3.64.